The Hall–Kier alpha value is -2.08. The lowest BCUT2D eigenvalue weighted by atomic mass is 10.1. The third kappa shape index (κ3) is 6.19. The van der Waals surface area contributed by atoms with Crippen molar-refractivity contribution < 1.29 is 14.6 Å². The Morgan fingerprint density at radius 3 is 2.85 bits per heavy atom. The molecule has 1 fully saturated rings. The molecule has 0 saturated carbocycles. The Balaban J connectivity index is 0.000000200. The molecular weight excluding hydrogens is 260 g/mol. The van der Waals surface area contributed by atoms with Crippen LogP contribution in [0.2, 0.25) is 0 Å². The van der Waals surface area contributed by atoms with E-state index in [1.165, 1.54) is 0 Å². The summed E-state index contributed by atoms with van der Waals surface area (Å²) in [6.45, 7) is 2.17. The second-order valence-corrected chi connectivity index (χ2v) is 4.23. The highest BCUT2D eigenvalue weighted by molar-refractivity contribution is 5.37. The van der Waals surface area contributed by atoms with E-state index >= 15 is 0 Å². The third-order valence-electron chi connectivity index (χ3n) is 2.78. The highest BCUT2D eigenvalue weighted by Gasteiger charge is 2.20. The van der Waals surface area contributed by atoms with E-state index < -0.39 is 6.10 Å². The average Bonchev–Trinajstić information content (AvgIpc) is 2.49. The monoisotopic (exact) mass is 278 g/mol. The molecule has 1 heterocycles. The predicted octanol–water partition coefficient (Wildman–Crippen LogP) is 1.38. The maximum Gasteiger partial charge on any atom is 0.293 e. The summed E-state index contributed by atoms with van der Waals surface area (Å²) in [4.78, 5) is 12.4. The van der Waals surface area contributed by atoms with Crippen molar-refractivity contribution in [1.82, 2.24) is 5.32 Å². The third-order valence-corrected chi connectivity index (χ3v) is 2.78. The van der Waals surface area contributed by atoms with Crippen LogP contribution in [-0.4, -0.2) is 36.8 Å². The first-order chi connectivity index (χ1) is 9.77. The zero-order valence-electron chi connectivity index (χ0n) is 11.1. The number of aliphatic hydroxyl groups excluding tert-OH is 1. The number of carbonyl (C=O) groups is 1. The van der Waals surface area contributed by atoms with Crippen molar-refractivity contribution in [2.24, 2.45) is 5.11 Å². The molecule has 7 nitrogen and oxygen atoms in total. The minimum Gasteiger partial charge on any atom is -0.463 e. The van der Waals surface area contributed by atoms with E-state index in [-0.39, 0.29) is 6.04 Å². The van der Waals surface area contributed by atoms with Crippen LogP contribution < -0.4 is 5.32 Å². The molecule has 2 rings (SSSR count). The van der Waals surface area contributed by atoms with Crippen LogP contribution in [-0.2, 0) is 16.1 Å². The number of aliphatic hydroxyl groups is 1. The lowest BCUT2D eigenvalue weighted by Gasteiger charge is -2.23. The van der Waals surface area contributed by atoms with Gasteiger partial charge in [-0.3, -0.25) is 4.79 Å². The molecule has 2 N–H and O–H groups in total. The number of β-amino-alcohol motifs (C(OH)–C–C–N with tert-alkyl or cyclic N) is 1. The van der Waals surface area contributed by atoms with Crippen molar-refractivity contribution in [2.75, 3.05) is 13.1 Å². The molecule has 0 bridgehead atoms. The van der Waals surface area contributed by atoms with Gasteiger partial charge in [-0.25, -0.2) is 0 Å². The number of nitrogens with zero attached hydrogens (tertiary/aromatic N) is 3. The zero-order valence-corrected chi connectivity index (χ0v) is 11.1. The lowest BCUT2D eigenvalue weighted by Crippen LogP contribution is -2.42. The fourth-order valence-electron chi connectivity index (χ4n) is 1.73. The van der Waals surface area contributed by atoms with Gasteiger partial charge in [0.1, 0.15) is 6.61 Å². The number of rotatable bonds is 4. The van der Waals surface area contributed by atoms with E-state index in [9.17, 15) is 9.90 Å². The van der Waals surface area contributed by atoms with Crippen molar-refractivity contribution in [1.29, 1.82) is 0 Å². The summed E-state index contributed by atoms with van der Waals surface area (Å²) in [5.74, 6) is 0. The molecule has 7 heteroatoms. The fraction of sp³-hybridized carbons (Fsp3) is 0.462. The smallest absolute Gasteiger partial charge is 0.293 e. The average molecular weight is 278 g/mol. The molecule has 0 aromatic heterocycles. The molecule has 2 atom stereocenters. The van der Waals surface area contributed by atoms with Crippen LogP contribution in [0.3, 0.4) is 0 Å². The predicted molar refractivity (Wildman–Crippen MR) is 73.7 cm³/mol. The normalized spacial score (nSPS) is 20.9. The number of hydrogen-bond donors (Lipinski definition) is 2. The van der Waals surface area contributed by atoms with Gasteiger partial charge in [0.05, 0.1) is 12.1 Å². The summed E-state index contributed by atoms with van der Waals surface area (Å²) < 4.78 is 4.54. The maximum absolute atomic E-state index is 9.76. The summed E-state index contributed by atoms with van der Waals surface area (Å²) in [7, 11) is 0. The number of carbonyl (C=O) groups excluding carboxylic acids is 1. The molecule has 0 spiro atoms. The Morgan fingerprint density at radius 2 is 2.25 bits per heavy atom. The molecule has 20 heavy (non-hydrogen) atoms. The molecular formula is C13H18N4O3. The van der Waals surface area contributed by atoms with E-state index in [4.69, 9.17) is 5.53 Å². The van der Waals surface area contributed by atoms with Crippen LogP contribution in [0.5, 0.6) is 0 Å². The van der Waals surface area contributed by atoms with Crippen LogP contribution >= 0.6 is 0 Å². The first-order valence-corrected chi connectivity index (χ1v) is 6.30. The molecule has 1 saturated heterocycles. The number of nitrogens with one attached hydrogen (secondary N) is 1. The first kappa shape index (κ1) is 16.0. The Morgan fingerprint density at radius 1 is 1.50 bits per heavy atom. The standard InChI is InChI=1S/C8H8O2.C5H10N4O/c9-7-10-6-8-4-2-1-3-5-8;6-9-8-4-1-2-7-3-5(4)10/h1-5,7H,6H2;4-5,7,10H,1-3H2. The van der Waals surface area contributed by atoms with Crippen molar-refractivity contribution in [3.05, 3.63) is 46.3 Å². The van der Waals surface area contributed by atoms with Gasteiger partial charge in [-0.2, -0.15) is 0 Å². The minimum absolute atomic E-state index is 0.230. The fourth-order valence-corrected chi connectivity index (χ4v) is 1.73. The van der Waals surface area contributed by atoms with Crippen LogP contribution in [0.4, 0.5) is 0 Å². The minimum atomic E-state index is -0.510. The van der Waals surface area contributed by atoms with E-state index in [1.54, 1.807) is 0 Å². The quantitative estimate of drug-likeness (QED) is 0.375. The molecule has 0 amide bonds. The van der Waals surface area contributed by atoms with Gasteiger partial charge in [0.2, 0.25) is 0 Å². The molecule has 1 aromatic carbocycles. The van der Waals surface area contributed by atoms with Crippen molar-refractivity contribution >= 4 is 6.47 Å². The summed E-state index contributed by atoms with van der Waals surface area (Å²) in [5.41, 5.74) is 9.07. The van der Waals surface area contributed by atoms with E-state index in [0.29, 0.717) is 19.6 Å². The van der Waals surface area contributed by atoms with Crippen molar-refractivity contribution in [3.8, 4) is 0 Å². The SMILES string of the molecule is O=COCc1ccccc1.[N-]=[N+]=NC1CCNCC1O. The van der Waals surface area contributed by atoms with Gasteiger partial charge in [0.15, 0.2) is 0 Å². The molecule has 1 aliphatic rings. The zero-order chi connectivity index (χ0) is 14.6. The Labute approximate surface area is 117 Å². The highest BCUT2D eigenvalue weighted by Crippen LogP contribution is 2.07. The maximum atomic E-state index is 9.76. The number of ether oxygens (including phenoxy) is 1. The van der Waals surface area contributed by atoms with Gasteiger partial charge in [-0.05, 0) is 24.1 Å². The Bertz CT molecular complexity index is 435. The summed E-state index contributed by atoms with van der Waals surface area (Å²) in [6.07, 6.45) is 0.218. The van der Waals surface area contributed by atoms with E-state index in [0.717, 1.165) is 18.5 Å². The molecule has 108 valence electrons. The molecule has 0 radical (unpaired) electrons. The molecule has 0 aliphatic carbocycles. The number of hydrogen-bond acceptors (Lipinski definition) is 5. The van der Waals surface area contributed by atoms with Gasteiger partial charge < -0.3 is 15.2 Å². The highest BCUT2D eigenvalue weighted by atomic mass is 16.5. The first-order valence-electron chi connectivity index (χ1n) is 6.30. The Kier molecular flexibility index (Phi) is 7.83. The van der Waals surface area contributed by atoms with Crippen LogP contribution in [0, 0.1) is 0 Å². The van der Waals surface area contributed by atoms with Crippen LogP contribution in [0.25, 0.3) is 10.4 Å². The van der Waals surface area contributed by atoms with Gasteiger partial charge in [-0.1, -0.05) is 35.4 Å². The van der Waals surface area contributed by atoms with Gasteiger partial charge >= 0.3 is 0 Å². The van der Waals surface area contributed by atoms with Gasteiger partial charge in [-0.15, -0.1) is 0 Å². The lowest BCUT2D eigenvalue weighted by molar-refractivity contribution is -0.129. The second kappa shape index (κ2) is 9.80. The van der Waals surface area contributed by atoms with Gasteiger partial charge in [0.25, 0.3) is 6.47 Å². The molecule has 1 aromatic rings. The molecule has 1 aliphatic heterocycles. The molecule has 2 unspecified atom stereocenters. The largest absolute Gasteiger partial charge is 0.463 e. The topological polar surface area (TPSA) is 107 Å². The van der Waals surface area contributed by atoms with Crippen LogP contribution in [0.1, 0.15) is 12.0 Å². The van der Waals surface area contributed by atoms with Crippen LogP contribution in [0.15, 0.2) is 35.4 Å². The summed E-state index contributed by atoms with van der Waals surface area (Å²) in [5, 5.41) is 15.6. The number of benzene rings is 1. The van der Waals surface area contributed by atoms with Crippen molar-refractivity contribution in [3.63, 3.8) is 0 Å². The summed E-state index contributed by atoms with van der Waals surface area (Å²) >= 11 is 0. The second-order valence-electron chi connectivity index (χ2n) is 4.23. The van der Waals surface area contributed by atoms with Gasteiger partial charge in [0, 0.05) is 11.5 Å². The summed E-state index contributed by atoms with van der Waals surface area (Å²) in [6, 6.07) is 9.32. The van der Waals surface area contributed by atoms with E-state index in [1.807, 2.05) is 30.3 Å². The van der Waals surface area contributed by atoms with Crippen molar-refractivity contribution in [2.45, 2.75) is 25.2 Å². The van der Waals surface area contributed by atoms with E-state index in [2.05, 4.69) is 20.1 Å². The number of azide groups is 1. The number of piperidine rings is 1.